The lowest BCUT2D eigenvalue weighted by Gasteiger charge is -2.35. The van der Waals surface area contributed by atoms with E-state index in [4.69, 9.17) is 4.74 Å². The van der Waals surface area contributed by atoms with Gasteiger partial charge < -0.3 is 19.9 Å². The van der Waals surface area contributed by atoms with Gasteiger partial charge in [0.15, 0.2) is 0 Å². The maximum Gasteiger partial charge on any atom is 0.416 e. The summed E-state index contributed by atoms with van der Waals surface area (Å²) in [5.74, 6) is -0.662. The van der Waals surface area contributed by atoms with Crippen molar-refractivity contribution in [3.63, 3.8) is 0 Å². The number of halogens is 6. The van der Waals surface area contributed by atoms with Crippen LogP contribution < -0.4 is 10.1 Å². The molecule has 1 aliphatic heterocycles. The molecule has 252 valence electrons. The van der Waals surface area contributed by atoms with Crippen LogP contribution in [0.15, 0.2) is 91.0 Å². The van der Waals surface area contributed by atoms with Crippen molar-refractivity contribution in [2.45, 2.75) is 24.8 Å². The molecule has 1 fully saturated rings. The molecule has 0 bridgehead atoms. The standard InChI is InChI=1S/C36H33F6N3O3/c1-44-17-19-45(20-18-44)34(47)31(21-23-3-5-24(6-4-23)25-7-12-28(13-8-25)35(37,38)39)43-33(46)30-22-27(11-16-32(30)48-2)26-9-14-29(15-10-26)36(40,41)42/h3-16,22,31H,17-21H2,1-2H3,(H,43,46)/t31-/m1/s1. The van der Waals surface area contributed by atoms with Crippen LogP contribution in [0, 0.1) is 0 Å². The van der Waals surface area contributed by atoms with Crippen molar-refractivity contribution < 1.29 is 40.7 Å². The number of hydrogen-bond acceptors (Lipinski definition) is 4. The van der Waals surface area contributed by atoms with Crippen LogP contribution in [-0.2, 0) is 23.6 Å². The number of carbonyl (C=O) groups excluding carboxylic acids is 2. The van der Waals surface area contributed by atoms with Crippen LogP contribution >= 0.6 is 0 Å². The van der Waals surface area contributed by atoms with E-state index in [0.29, 0.717) is 54.0 Å². The first-order chi connectivity index (χ1) is 22.7. The zero-order chi connectivity index (χ0) is 34.6. The van der Waals surface area contributed by atoms with Gasteiger partial charge in [-0.3, -0.25) is 9.59 Å². The lowest BCUT2D eigenvalue weighted by Crippen LogP contribution is -2.55. The summed E-state index contributed by atoms with van der Waals surface area (Å²) in [5.41, 5.74) is 1.48. The second-order valence-electron chi connectivity index (χ2n) is 11.6. The molecule has 0 aromatic heterocycles. The fourth-order valence-corrected chi connectivity index (χ4v) is 5.52. The topological polar surface area (TPSA) is 61.9 Å². The molecule has 1 heterocycles. The number of likely N-dealkylation sites (N-methyl/N-ethyl adjacent to an activating group) is 1. The molecule has 0 spiro atoms. The Kier molecular flexibility index (Phi) is 10.1. The van der Waals surface area contributed by atoms with Gasteiger partial charge in [-0.1, -0.05) is 54.6 Å². The average Bonchev–Trinajstić information content (AvgIpc) is 3.07. The number of carbonyl (C=O) groups is 2. The first-order valence-electron chi connectivity index (χ1n) is 15.1. The zero-order valence-corrected chi connectivity index (χ0v) is 26.2. The SMILES string of the molecule is COc1ccc(-c2ccc(C(F)(F)F)cc2)cc1C(=O)N[C@H](Cc1ccc(-c2ccc(C(F)(F)F)cc2)cc1)C(=O)N1CCN(C)CC1. The highest BCUT2D eigenvalue weighted by atomic mass is 19.4. The summed E-state index contributed by atoms with van der Waals surface area (Å²) in [6.07, 6.45) is -8.80. The number of methoxy groups -OCH3 is 1. The summed E-state index contributed by atoms with van der Waals surface area (Å²) in [7, 11) is 3.34. The van der Waals surface area contributed by atoms with E-state index in [2.05, 4.69) is 10.2 Å². The summed E-state index contributed by atoms with van der Waals surface area (Å²) in [4.78, 5) is 31.4. The molecular weight excluding hydrogens is 636 g/mol. The second-order valence-corrected chi connectivity index (χ2v) is 11.6. The van der Waals surface area contributed by atoms with Gasteiger partial charge in [-0.05, 0) is 71.3 Å². The van der Waals surface area contributed by atoms with E-state index in [0.717, 1.165) is 24.3 Å². The fraction of sp³-hybridized carbons (Fsp3) is 0.278. The predicted molar refractivity (Wildman–Crippen MR) is 169 cm³/mol. The third-order valence-electron chi connectivity index (χ3n) is 8.35. The molecular formula is C36H33F6N3O3. The van der Waals surface area contributed by atoms with Gasteiger partial charge in [0, 0.05) is 32.6 Å². The second kappa shape index (κ2) is 14.1. The summed E-state index contributed by atoms with van der Waals surface area (Å²) in [6, 6.07) is 20.1. The Morgan fingerprint density at radius 2 is 1.17 bits per heavy atom. The van der Waals surface area contributed by atoms with Gasteiger partial charge in [-0.2, -0.15) is 26.3 Å². The molecule has 4 aromatic rings. The van der Waals surface area contributed by atoms with Crippen molar-refractivity contribution in [3.05, 3.63) is 113 Å². The van der Waals surface area contributed by atoms with Gasteiger partial charge in [0.2, 0.25) is 5.91 Å². The van der Waals surface area contributed by atoms with E-state index in [9.17, 15) is 35.9 Å². The summed E-state index contributed by atoms with van der Waals surface area (Å²) >= 11 is 0. The van der Waals surface area contributed by atoms with Crippen molar-refractivity contribution >= 4 is 11.8 Å². The van der Waals surface area contributed by atoms with E-state index in [1.165, 1.54) is 37.4 Å². The number of ether oxygens (including phenoxy) is 1. The average molecular weight is 670 g/mol. The third kappa shape index (κ3) is 8.17. The van der Waals surface area contributed by atoms with Gasteiger partial charge in [0.1, 0.15) is 11.8 Å². The highest BCUT2D eigenvalue weighted by Gasteiger charge is 2.32. The first kappa shape index (κ1) is 34.5. The molecule has 4 aromatic carbocycles. The lowest BCUT2D eigenvalue weighted by molar-refractivity contribution is -0.138. The highest BCUT2D eigenvalue weighted by Crippen LogP contribution is 2.33. The summed E-state index contributed by atoms with van der Waals surface area (Å²) in [5, 5.41) is 2.86. The predicted octanol–water partition coefficient (Wildman–Crippen LogP) is 7.18. The van der Waals surface area contributed by atoms with Crippen molar-refractivity contribution in [1.29, 1.82) is 0 Å². The molecule has 5 rings (SSSR count). The van der Waals surface area contributed by atoms with Crippen LogP contribution in [0.25, 0.3) is 22.3 Å². The van der Waals surface area contributed by atoms with Crippen LogP contribution in [0.2, 0.25) is 0 Å². The quantitative estimate of drug-likeness (QED) is 0.202. The minimum Gasteiger partial charge on any atom is -0.496 e. The van der Waals surface area contributed by atoms with Crippen LogP contribution in [-0.4, -0.2) is 68.0 Å². The molecule has 1 saturated heterocycles. The van der Waals surface area contributed by atoms with Crippen LogP contribution in [0.3, 0.4) is 0 Å². The molecule has 1 N–H and O–H groups in total. The number of amides is 2. The minimum atomic E-state index is -4.49. The van der Waals surface area contributed by atoms with Crippen molar-refractivity contribution in [3.8, 4) is 28.0 Å². The number of hydrogen-bond donors (Lipinski definition) is 1. The molecule has 1 atom stereocenters. The molecule has 1 aliphatic rings. The Bertz CT molecular complexity index is 1730. The molecule has 6 nitrogen and oxygen atoms in total. The molecule has 0 saturated carbocycles. The van der Waals surface area contributed by atoms with Gasteiger partial charge in [0.25, 0.3) is 5.91 Å². The first-order valence-corrected chi connectivity index (χ1v) is 15.1. The molecule has 0 unspecified atom stereocenters. The van der Waals surface area contributed by atoms with E-state index < -0.39 is 35.4 Å². The number of rotatable bonds is 8. The smallest absolute Gasteiger partial charge is 0.416 e. The van der Waals surface area contributed by atoms with Crippen molar-refractivity contribution in [2.75, 3.05) is 40.3 Å². The largest absolute Gasteiger partial charge is 0.496 e. The normalized spacial score (nSPS) is 14.8. The number of nitrogens with zero attached hydrogens (tertiary/aromatic N) is 2. The minimum absolute atomic E-state index is 0.101. The monoisotopic (exact) mass is 669 g/mol. The Morgan fingerprint density at radius 3 is 1.65 bits per heavy atom. The molecule has 2 amide bonds. The fourth-order valence-electron chi connectivity index (χ4n) is 5.52. The van der Waals surface area contributed by atoms with Crippen LogP contribution in [0.1, 0.15) is 27.0 Å². The Hall–Kier alpha value is -4.84. The number of benzene rings is 4. The maximum absolute atomic E-state index is 13.8. The van der Waals surface area contributed by atoms with Crippen molar-refractivity contribution in [1.82, 2.24) is 15.1 Å². The third-order valence-corrected chi connectivity index (χ3v) is 8.35. The summed E-state index contributed by atoms with van der Waals surface area (Å²) in [6.45, 7) is 2.27. The van der Waals surface area contributed by atoms with Gasteiger partial charge >= 0.3 is 12.4 Å². The van der Waals surface area contributed by atoms with Crippen LogP contribution in [0.5, 0.6) is 5.75 Å². The highest BCUT2D eigenvalue weighted by molar-refractivity contribution is 6.00. The molecule has 12 heteroatoms. The Balaban J connectivity index is 1.39. The van der Waals surface area contributed by atoms with Gasteiger partial charge in [-0.25, -0.2) is 0 Å². The molecule has 48 heavy (non-hydrogen) atoms. The Labute approximate surface area is 273 Å². The van der Waals surface area contributed by atoms with Gasteiger partial charge in [-0.15, -0.1) is 0 Å². The van der Waals surface area contributed by atoms with Crippen molar-refractivity contribution in [2.24, 2.45) is 0 Å². The van der Waals surface area contributed by atoms with Crippen LogP contribution in [0.4, 0.5) is 26.3 Å². The van der Waals surface area contributed by atoms with E-state index in [1.54, 1.807) is 41.3 Å². The molecule has 0 radical (unpaired) electrons. The van der Waals surface area contributed by atoms with Gasteiger partial charge in [0.05, 0.1) is 23.8 Å². The number of nitrogens with one attached hydrogen (secondary N) is 1. The maximum atomic E-state index is 13.8. The number of piperazine rings is 1. The Morgan fingerprint density at radius 1 is 0.708 bits per heavy atom. The number of alkyl halides is 6. The lowest BCUT2D eigenvalue weighted by atomic mass is 9.98. The van der Waals surface area contributed by atoms with E-state index >= 15 is 0 Å². The zero-order valence-electron chi connectivity index (χ0n) is 26.2. The summed E-state index contributed by atoms with van der Waals surface area (Å²) < 4.78 is 83.7. The van der Waals surface area contributed by atoms with E-state index in [-0.39, 0.29) is 23.6 Å². The molecule has 0 aliphatic carbocycles. The van der Waals surface area contributed by atoms with E-state index in [1.807, 2.05) is 7.05 Å².